The van der Waals surface area contributed by atoms with E-state index < -0.39 is 41.7 Å². The first-order valence-corrected chi connectivity index (χ1v) is 7.12. The zero-order valence-electron chi connectivity index (χ0n) is 12.8. The monoisotopic (exact) mass is 330 g/mol. The predicted molar refractivity (Wildman–Crippen MR) is 77.2 cm³/mol. The molecule has 1 aromatic rings. The molecule has 6 heteroatoms. The fourth-order valence-corrected chi connectivity index (χ4v) is 2.85. The minimum atomic E-state index is -1.52. The number of allylic oxidation sites excluding steroid dienone is 3. The highest BCUT2D eigenvalue weighted by Gasteiger charge is 2.60. The molecule has 1 unspecified atom stereocenters. The van der Waals surface area contributed by atoms with Crippen molar-refractivity contribution in [2.24, 2.45) is 17.3 Å². The van der Waals surface area contributed by atoms with Gasteiger partial charge in [-0.2, -0.15) is 0 Å². The summed E-state index contributed by atoms with van der Waals surface area (Å²) in [5.41, 5.74) is -1.14. The third-order valence-electron chi connectivity index (χ3n) is 4.36. The third kappa shape index (κ3) is 3.33. The van der Waals surface area contributed by atoms with Crippen molar-refractivity contribution >= 4 is 0 Å². The molecule has 126 valence electrons. The molecule has 0 aromatic heterocycles. The standard InChI is InChI=1S/C17H18F4O2/c1-4-5-6-10-13(17(10,2)3)16(22)23-8-9-14(20)11(18)7-12(19)15(9)21/h4-7,10,13,16,22H,1,8H2,2-3H3/b6-5+/t10-,13+,16?/m1/s1. The van der Waals surface area contributed by atoms with Crippen LogP contribution in [0.3, 0.4) is 0 Å². The van der Waals surface area contributed by atoms with E-state index in [4.69, 9.17) is 4.74 Å². The van der Waals surface area contributed by atoms with Crippen LogP contribution in [0, 0.1) is 40.5 Å². The molecule has 1 N–H and O–H groups in total. The van der Waals surface area contributed by atoms with Crippen LogP contribution in [0.15, 0.2) is 30.9 Å². The summed E-state index contributed by atoms with van der Waals surface area (Å²) in [6.07, 6.45) is 3.88. The maximum absolute atomic E-state index is 13.5. The van der Waals surface area contributed by atoms with Gasteiger partial charge in [0.05, 0.1) is 12.2 Å². The first kappa shape index (κ1) is 17.7. The normalized spacial score (nSPS) is 24.0. The molecule has 0 spiro atoms. The minimum Gasteiger partial charge on any atom is -0.368 e. The smallest absolute Gasteiger partial charge is 0.167 e. The fraction of sp³-hybridized carbons (Fsp3) is 0.412. The van der Waals surface area contributed by atoms with Crippen molar-refractivity contribution in [1.29, 1.82) is 0 Å². The fourth-order valence-electron chi connectivity index (χ4n) is 2.85. The molecule has 1 saturated carbocycles. The van der Waals surface area contributed by atoms with Crippen molar-refractivity contribution in [3.8, 4) is 0 Å². The van der Waals surface area contributed by atoms with Gasteiger partial charge in [-0.15, -0.1) is 0 Å². The lowest BCUT2D eigenvalue weighted by Crippen LogP contribution is -2.19. The number of halogens is 4. The molecule has 0 aliphatic heterocycles. The van der Waals surface area contributed by atoms with E-state index in [0.717, 1.165) is 0 Å². The van der Waals surface area contributed by atoms with Crippen LogP contribution in [0.2, 0.25) is 0 Å². The summed E-state index contributed by atoms with van der Waals surface area (Å²) in [6.45, 7) is 6.61. The summed E-state index contributed by atoms with van der Waals surface area (Å²) in [5, 5.41) is 10.1. The van der Waals surface area contributed by atoms with Crippen molar-refractivity contribution < 1.29 is 27.4 Å². The zero-order chi connectivity index (χ0) is 17.4. The van der Waals surface area contributed by atoms with Gasteiger partial charge in [-0.3, -0.25) is 0 Å². The Hall–Kier alpha value is -1.66. The first-order chi connectivity index (χ1) is 10.7. The quantitative estimate of drug-likeness (QED) is 0.368. The van der Waals surface area contributed by atoms with Crippen LogP contribution in [0.1, 0.15) is 19.4 Å². The summed E-state index contributed by atoms with van der Waals surface area (Å²) in [5.74, 6) is -6.33. The second kappa shape index (κ2) is 6.45. The molecule has 1 fully saturated rings. The Labute approximate surface area is 132 Å². The summed E-state index contributed by atoms with van der Waals surface area (Å²) in [6, 6.07) is 0.130. The second-order valence-electron chi connectivity index (χ2n) is 6.14. The molecule has 1 aliphatic rings. The van der Waals surface area contributed by atoms with Gasteiger partial charge in [0.25, 0.3) is 0 Å². The van der Waals surface area contributed by atoms with Gasteiger partial charge in [-0.1, -0.05) is 38.7 Å². The maximum atomic E-state index is 13.5. The van der Waals surface area contributed by atoms with Crippen LogP contribution < -0.4 is 0 Å². The van der Waals surface area contributed by atoms with E-state index in [1.165, 1.54) is 0 Å². The molecule has 23 heavy (non-hydrogen) atoms. The topological polar surface area (TPSA) is 29.5 Å². The van der Waals surface area contributed by atoms with Gasteiger partial charge in [0.1, 0.15) is 0 Å². The zero-order valence-corrected chi connectivity index (χ0v) is 12.8. The number of ether oxygens (including phenoxy) is 1. The molecule has 3 atom stereocenters. The molecule has 0 amide bonds. The summed E-state index contributed by atoms with van der Waals surface area (Å²) in [4.78, 5) is 0. The largest absolute Gasteiger partial charge is 0.368 e. The Kier molecular flexibility index (Phi) is 4.96. The number of hydrogen-bond acceptors (Lipinski definition) is 2. The molecule has 2 rings (SSSR count). The molecule has 0 radical (unpaired) electrons. The molecule has 0 heterocycles. The van der Waals surface area contributed by atoms with Crippen molar-refractivity contribution in [2.45, 2.75) is 26.7 Å². The van der Waals surface area contributed by atoms with Crippen LogP contribution in [-0.4, -0.2) is 11.4 Å². The van der Waals surface area contributed by atoms with Gasteiger partial charge in [0, 0.05) is 12.0 Å². The van der Waals surface area contributed by atoms with Gasteiger partial charge < -0.3 is 9.84 Å². The molecule has 1 aromatic carbocycles. The van der Waals surface area contributed by atoms with E-state index in [1.54, 1.807) is 12.2 Å². The lowest BCUT2D eigenvalue weighted by molar-refractivity contribution is -0.129. The van der Waals surface area contributed by atoms with Crippen LogP contribution in [0.5, 0.6) is 0 Å². The van der Waals surface area contributed by atoms with Crippen LogP contribution in [0.25, 0.3) is 0 Å². The Balaban J connectivity index is 2.08. The van der Waals surface area contributed by atoms with E-state index in [1.807, 2.05) is 19.9 Å². The van der Waals surface area contributed by atoms with E-state index in [9.17, 15) is 22.7 Å². The van der Waals surface area contributed by atoms with Gasteiger partial charge in [0.15, 0.2) is 29.6 Å². The maximum Gasteiger partial charge on any atom is 0.167 e. The summed E-state index contributed by atoms with van der Waals surface area (Å²) in [7, 11) is 0. The van der Waals surface area contributed by atoms with Crippen molar-refractivity contribution in [3.05, 3.63) is 59.7 Å². The number of hydrogen-bond donors (Lipinski definition) is 1. The lowest BCUT2D eigenvalue weighted by atomic mass is 10.1. The van der Waals surface area contributed by atoms with Crippen molar-refractivity contribution in [2.75, 3.05) is 0 Å². The molecule has 2 nitrogen and oxygen atoms in total. The highest BCUT2D eigenvalue weighted by atomic mass is 19.2. The first-order valence-electron chi connectivity index (χ1n) is 7.12. The Bertz CT molecular complexity index is 614. The van der Waals surface area contributed by atoms with Crippen molar-refractivity contribution in [3.63, 3.8) is 0 Å². The number of benzene rings is 1. The molecule has 0 bridgehead atoms. The van der Waals surface area contributed by atoms with E-state index in [0.29, 0.717) is 0 Å². The average molecular weight is 330 g/mol. The van der Waals surface area contributed by atoms with Gasteiger partial charge in [0.2, 0.25) is 0 Å². The Morgan fingerprint density at radius 3 is 2.35 bits per heavy atom. The Morgan fingerprint density at radius 2 is 1.83 bits per heavy atom. The van der Waals surface area contributed by atoms with Gasteiger partial charge in [-0.25, -0.2) is 17.6 Å². The van der Waals surface area contributed by atoms with Gasteiger partial charge >= 0.3 is 0 Å². The predicted octanol–water partition coefficient (Wildman–Crippen LogP) is 4.09. The second-order valence-corrected chi connectivity index (χ2v) is 6.14. The SMILES string of the molecule is C=C/C=C/[C@@H]1[C@@H](C(O)OCc2c(F)c(F)cc(F)c2F)C1(C)C. The number of aliphatic hydroxyl groups is 1. The number of aliphatic hydroxyl groups excluding tert-OH is 1. The highest BCUT2D eigenvalue weighted by molar-refractivity contribution is 5.22. The lowest BCUT2D eigenvalue weighted by Gasteiger charge is -2.14. The molecular weight excluding hydrogens is 312 g/mol. The average Bonchev–Trinajstić information content (AvgIpc) is 3.04. The van der Waals surface area contributed by atoms with Crippen LogP contribution in [0.4, 0.5) is 17.6 Å². The summed E-state index contributed by atoms with van der Waals surface area (Å²) < 4.78 is 58.4. The van der Waals surface area contributed by atoms with E-state index in [2.05, 4.69) is 6.58 Å². The van der Waals surface area contributed by atoms with Crippen molar-refractivity contribution in [1.82, 2.24) is 0 Å². The van der Waals surface area contributed by atoms with Crippen LogP contribution >= 0.6 is 0 Å². The third-order valence-corrected chi connectivity index (χ3v) is 4.36. The van der Waals surface area contributed by atoms with E-state index in [-0.39, 0.29) is 23.3 Å². The van der Waals surface area contributed by atoms with Crippen LogP contribution in [-0.2, 0) is 11.3 Å². The Morgan fingerprint density at radius 1 is 1.26 bits per heavy atom. The molecular formula is C17H18F4O2. The molecule has 1 aliphatic carbocycles. The van der Waals surface area contributed by atoms with E-state index >= 15 is 0 Å². The molecule has 0 saturated heterocycles. The minimum absolute atomic E-state index is 0.00874. The summed E-state index contributed by atoms with van der Waals surface area (Å²) >= 11 is 0. The number of rotatable bonds is 6. The van der Waals surface area contributed by atoms with Gasteiger partial charge in [-0.05, 0) is 11.3 Å². The highest BCUT2D eigenvalue weighted by Crippen LogP contribution is 2.60.